The molecule has 6 N–H and O–H groups in total. The van der Waals surface area contributed by atoms with Crippen LogP contribution in [0, 0.1) is 5.92 Å². The first-order valence-corrected chi connectivity index (χ1v) is 7.45. The fourth-order valence-corrected chi connectivity index (χ4v) is 2.22. The predicted molar refractivity (Wildman–Crippen MR) is 85.7 cm³/mol. The van der Waals surface area contributed by atoms with Crippen LogP contribution in [0.1, 0.15) is 25.8 Å². The Labute approximate surface area is 131 Å². The van der Waals surface area contributed by atoms with Crippen molar-refractivity contribution in [3.63, 3.8) is 0 Å². The summed E-state index contributed by atoms with van der Waals surface area (Å²) < 4.78 is 0. The van der Waals surface area contributed by atoms with Gasteiger partial charge in [0.05, 0.1) is 5.94 Å². The number of carbonyl (C=O) groups excluding carboxylic acids is 1. The molecule has 1 rings (SSSR count). The van der Waals surface area contributed by atoms with Gasteiger partial charge in [0.15, 0.2) is 0 Å². The zero-order valence-corrected chi connectivity index (χ0v) is 13.0. The quantitative estimate of drug-likeness (QED) is 0.414. The van der Waals surface area contributed by atoms with Gasteiger partial charge in [0, 0.05) is 6.04 Å². The summed E-state index contributed by atoms with van der Waals surface area (Å²) in [5.74, 6) is -1.35. The minimum Gasteiger partial charge on any atom is -0.426 e. The summed E-state index contributed by atoms with van der Waals surface area (Å²) in [5.41, 5.74) is 6.79. The van der Waals surface area contributed by atoms with E-state index in [0.717, 1.165) is 5.56 Å². The highest BCUT2D eigenvalue weighted by molar-refractivity contribution is 6.43. The lowest BCUT2D eigenvalue weighted by molar-refractivity contribution is -0.130. The molecule has 22 heavy (non-hydrogen) atoms. The molecule has 0 saturated carbocycles. The van der Waals surface area contributed by atoms with E-state index in [1.807, 2.05) is 44.2 Å². The molecule has 3 atom stereocenters. The molecule has 0 heterocycles. The van der Waals surface area contributed by atoms with Crippen molar-refractivity contribution in [3.8, 4) is 0 Å². The Morgan fingerprint density at radius 2 is 1.86 bits per heavy atom. The van der Waals surface area contributed by atoms with Crippen molar-refractivity contribution in [1.82, 2.24) is 5.32 Å². The SMILES string of the molecule is CC(C)CC(NC(=O)[C@@H](O)[C@H](N)Cc1ccccc1)B(O)O. The topological polar surface area (TPSA) is 116 Å². The lowest BCUT2D eigenvalue weighted by Crippen LogP contribution is -2.54. The van der Waals surface area contributed by atoms with Gasteiger partial charge in [-0.3, -0.25) is 4.79 Å². The summed E-state index contributed by atoms with van der Waals surface area (Å²) in [6.45, 7) is 3.80. The number of aliphatic hydroxyl groups is 1. The van der Waals surface area contributed by atoms with E-state index in [0.29, 0.717) is 12.8 Å². The number of carbonyl (C=O) groups is 1. The van der Waals surface area contributed by atoms with Gasteiger partial charge in [-0.05, 0) is 24.3 Å². The van der Waals surface area contributed by atoms with Gasteiger partial charge in [0.1, 0.15) is 6.10 Å². The molecule has 0 bridgehead atoms. The predicted octanol–water partition coefficient (Wildman–Crippen LogP) is -0.540. The van der Waals surface area contributed by atoms with E-state index < -0.39 is 31.1 Å². The zero-order valence-electron chi connectivity index (χ0n) is 13.0. The summed E-state index contributed by atoms with van der Waals surface area (Å²) in [6, 6.07) is 8.55. The molecule has 0 fully saturated rings. The maximum Gasteiger partial charge on any atom is 0.475 e. The van der Waals surface area contributed by atoms with Crippen LogP contribution < -0.4 is 11.1 Å². The van der Waals surface area contributed by atoms with Crippen LogP contribution in [-0.4, -0.2) is 46.3 Å². The largest absolute Gasteiger partial charge is 0.475 e. The normalized spacial score (nSPS) is 15.2. The molecule has 7 heteroatoms. The molecule has 1 aromatic rings. The van der Waals surface area contributed by atoms with Crippen LogP contribution in [-0.2, 0) is 11.2 Å². The third-order valence-corrected chi connectivity index (χ3v) is 3.40. The number of rotatable bonds is 8. The monoisotopic (exact) mass is 308 g/mol. The first kappa shape index (κ1) is 18.6. The number of benzene rings is 1. The van der Waals surface area contributed by atoms with Crippen LogP contribution in [0.25, 0.3) is 0 Å². The van der Waals surface area contributed by atoms with E-state index in [4.69, 9.17) is 5.73 Å². The van der Waals surface area contributed by atoms with Crippen molar-refractivity contribution in [1.29, 1.82) is 0 Å². The third-order valence-electron chi connectivity index (χ3n) is 3.40. The Kier molecular flexibility index (Phi) is 7.54. The lowest BCUT2D eigenvalue weighted by Gasteiger charge is -2.24. The Morgan fingerprint density at radius 1 is 1.27 bits per heavy atom. The number of hydrogen-bond acceptors (Lipinski definition) is 5. The smallest absolute Gasteiger partial charge is 0.426 e. The van der Waals surface area contributed by atoms with E-state index in [1.165, 1.54) is 0 Å². The minimum absolute atomic E-state index is 0.169. The van der Waals surface area contributed by atoms with Crippen LogP contribution in [0.4, 0.5) is 0 Å². The Hall–Kier alpha value is -1.41. The maximum atomic E-state index is 12.0. The van der Waals surface area contributed by atoms with Crippen molar-refractivity contribution in [2.24, 2.45) is 11.7 Å². The van der Waals surface area contributed by atoms with Gasteiger partial charge < -0.3 is 26.2 Å². The fourth-order valence-electron chi connectivity index (χ4n) is 2.22. The second-order valence-electron chi connectivity index (χ2n) is 5.96. The van der Waals surface area contributed by atoms with Gasteiger partial charge >= 0.3 is 7.12 Å². The standard InChI is InChI=1S/C15H25BN2O4/c1-10(2)8-13(16(21)22)18-15(20)14(19)12(17)9-11-6-4-3-5-7-11/h3-7,10,12-14,19,21-22H,8-9,17H2,1-2H3,(H,18,20)/t12-,13?,14+/m1/s1. The molecule has 0 spiro atoms. The summed E-state index contributed by atoms with van der Waals surface area (Å²) in [6.07, 6.45) is -0.663. The molecule has 6 nitrogen and oxygen atoms in total. The first-order chi connectivity index (χ1) is 10.3. The van der Waals surface area contributed by atoms with Gasteiger partial charge in [0.25, 0.3) is 0 Å². The summed E-state index contributed by atoms with van der Waals surface area (Å²) in [4.78, 5) is 12.0. The highest BCUT2D eigenvalue weighted by Crippen LogP contribution is 2.08. The second kappa shape index (κ2) is 8.90. The van der Waals surface area contributed by atoms with E-state index in [9.17, 15) is 19.9 Å². The molecule has 0 aliphatic carbocycles. The Morgan fingerprint density at radius 3 is 2.36 bits per heavy atom. The summed E-state index contributed by atoms with van der Waals surface area (Å²) in [7, 11) is -1.68. The van der Waals surface area contributed by atoms with Gasteiger partial charge in [-0.2, -0.15) is 0 Å². The van der Waals surface area contributed by atoms with Crippen molar-refractivity contribution in [3.05, 3.63) is 35.9 Å². The van der Waals surface area contributed by atoms with Gasteiger partial charge in [-0.25, -0.2) is 0 Å². The van der Waals surface area contributed by atoms with E-state index in [2.05, 4.69) is 5.32 Å². The molecule has 0 saturated heterocycles. The fraction of sp³-hybridized carbons (Fsp3) is 0.533. The van der Waals surface area contributed by atoms with Crippen LogP contribution in [0.3, 0.4) is 0 Å². The average Bonchev–Trinajstić information content (AvgIpc) is 2.46. The highest BCUT2D eigenvalue weighted by Gasteiger charge is 2.30. The molecule has 0 aromatic heterocycles. The van der Waals surface area contributed by atoms with Crippen molar-refractivity contribution in [2.45, 2.75) is 44.8 Å². The van der Waals surface area contributed by atoms with Gasteiger partial charge in [-0.15, -0.1) is 0 Å². The molecular formula is C15H25BN2O4. The number of hydrogen-bond donors (Lipinski definition) is 5. The number of aliphatic hydroxyl groups excluding tert-OH is 1. The van der Waals surface area contributed by atoms with Crippen LogP contribution in [0.15, 0.2) is 30.3 Å². The summed E-state index contributed by atoms with van der Waals surface area (Å²) >= 11 is 0. The van der Waals surface area contributed by atoms with Crippen molar-refractivity contribution in [2.75, 3.05) is 0 Å². The molecular weight excluding hydrogens is 283 g/mol. The average molecular weight is 308 g/mol. The zero-order chi connectivity index (χ0) is 16.7. The molecule has 1 unspecified atom stereocenters. The highest BCUT2D eigenvalue weighted by atomic mass is 16.4. The van der Waals surface area contributed by atoms with E-state index >= 15 is 0 Å². The first-order valence-electron chi connectivity index (χ1n) is 7.45. The molecule has 0 aliphatic rings. The van der Waals surface area contributed by atoms with Gasteiger partial charge in [0.2, 0.25) is 5.91 Å². The van der Waals surface area contributed by atoms with Crippen LogP contribution in [0.5, 0.6) is 0 Å². The minimum atomic E-state index is -1.68. The summed E-state index contributed by atoms with van der Waals surface area (Å²) in [5, 5.41) is 31.0. The Balaban J connectivity index is 2.59. The molecule has 1 aromatic carbocycles. The second-order valence-corrected chi connectivity index (χ2v) is 5.96. The van der Waals surface area contributed by atoms with Gasteiger partial charge in [-0.1, -0.05) is 44.2 Å². The molecule has 122 valence electrons. The number of amides is 1. The van der Waals surface area contributed by atoms with E-state index in [1.54, 1.807) is 0 Å². The number of nitrogens with one attached hydrogen (secondary N) is 1. The molecule has 0 aliphatic heterocycles. The maximum absolute atomic E-state index is 12.0. The van der Waals surface area contributed by atoms with Crippen LogP contribution in [0.2, 0.25) is 0 Å². The molecule has 0 radical (unpaired) electrons. The molecule has 1 amide bonds. The van der Waals surface area contributed by atoms with Crippen molar-refractivity contribution < 1.29 is 19.9 Å². The van der Waals surface area contributed by atoms with Crippen LogP contribution >= 0.6 is 0 Å². The van der Waals surface area contributed by atoms with E-state index in [-0.39, 0.29) is 5.92 Å². The Bertz CT molecular complexity index is 456. The third kappa shape index (κ3) is 6.15. The lowest BCUT2D eigenvalue weighted by atomic mass is 9.75. The number of nitrogens with two attached hydrogens (primary N) is 1. The van der Waals surface area contributed by atoms with Crippen molar-refractivity contribution >= 4 is 13.0 Å².